The first-order valence-electron chi connectivity index (χ1n) is 9.57. The summed E-state index contributed by atoms with van der Waals surface area (Å²) in [5, 5.41) is 0.761. The number of aromatic nitrogens is 2. The number of carbonyl (C=O) groups is 1. The molecule has 1 amide bonds. The molecule has 0 aliphatic carbocycles. The van der Waals surface area contributed by atoms with Crippen LogP contribution in [0, 0.1) is 0 Å². The summed E-state index contributed by atoms with van der Waals surface area (Å²) < 4.78 is 25.5. The Morgan fingerprint density at radius 3 is 2.75 bits per heavy atom. The van der Waals surface area contributed by atoms with Gasteiger partial charge >= 0.3 is 0 Å². The Balaban J connectivity index is 1.73. The maximum absolute atomic E-state index is 12.8. The van der Waals surface area contributed by atoms with E-state index in [1.165, 1.54) is 17.3 Å². The number of sulfone groups is 1. The van der Waals surface area contributed by atoms with E-state index in [0.29, 0.717) is 18.9 Å². The van der Waals surface area contributed by atoms with Gasteiger partial charge < -0.3 is 4.90 Å². The van der Waals surface area contributed by atoms with Crippen molar-refractivity contribution in [2.24, 2.45) is 0 Å². The normalized spacial score (nSPS) is 18.5. The summed E-state index contributed by atoms with van der Waals surface area (Å²) in [6, 6.07) is 7.99. The van der Waals surface area contributed by atoms with Crippen LogP contribution in [-0.4, -0.2) is 58.6 Å². The molecule has 0 spiro atoms. The minimum absolute atomic E-state index is 0.0405. The lowest BCUT2D eigenvalue weighted by atomic mass is 10.0. The average molecular weight is 422 g/mol. The molecule has 1 saturated heterocycles. The van der Waals surface area contributed by atoms with E-state index in [1.54, 1.807) is 11.1 Å². The van der Waals surface area contributed by atoms with Gasteiger partial charge in [-0.05, 0) is 30.9 Å². The summed E-state index contributed by atoms with van der Waals surface area (Å²) in [5.41, 5.74) is 2.29. The van der Waals surface area contributed by atoms with E-state index in [1.807, 2.05) is 29.8 Å². The molecule has 2 heterocycles. The minimum Gasteiger partial charge on any atom is -0.338 e. The van der Waals surface area contributed by atoms with E-state index in [0.717, 1.165) is 10.8 Å². The third-order valence-electron chi connectivity index (χ3n) is 5.06. The fourth-order valence-electron chi connectivity index (χ4n) is 3.64. The Labute approximate surface area is 171 Å². The van der Waals surface area contributed by atoms with E-state index in [2.05, 4.69) is 31.0 Å². The van der Waals surface area contributed by atoms with Gasteiger partial charge in [0.05, 0.1) is 22.9 Å². The second kappa shape index (κ2) is 8.69. The lowest BCUT2D eigenvalue weighted by Gasteiger charge is -2.26. The molecule has 1 aliphatic heterocycles. The molecular formula is C20H27N3O3S2. The molecular weight excluding hydrogens is 394 g/mol. The van der Waals surface area contributed by atoms with E-state index in [-0.39, 0.29) is 29.2 Å². The molecule has 3 rings (SSSR count). The standard InChI is InChI=1S/C20H27N3O3S2/c1-4-22(16-9-12-28(25,26)14-16)19(24)13-27-20-21-10-11-23(20)18-8-6-5-7-17(18)15(2)3/h5-8,10-11,15-16H,4,9,12-14H2,1-3H3. The molecule has 1 fully saturated rings. The van der Waals surface area contributed by atoms with Gasteiger partial charge in [0.25, 0.3) is 0 Å². The lowest BCUT2D eigenvalue weighted by molar-refractivity contribution is -0.129. The number of amides is 1. The van der Waals surface area contributed by atoms with E-state index >= 15 is 0 Å². The van der Waals surface area contributed by atoms with Crippen LogP contribution < -0.4 is 0 Å². The van der Waals surface area contributed by atoms with Crippen LogP contribution in [0.1, 0.15) is 38.7 Å². The highest BCUT2D eigenvalue weighted by Crippen LogP contribution is 2.27. The van der Waals surface area contributed by atoms with Crippen LogP contribution in [0.4, 0.5) is 0 Å². The molecule has 1 aromatic carbocycles. The van der Waals surface area contributed by atoms with Crippen molar-refractivity contribution in [2.75, 3.05) is 23.8 Å². The number of para-hydroxylation sites is 1. The van der Waals surface area contributed by atoms with Crippen molar-refractivity contribution in [2.45, 2.75) is 44.3 Å². The molecule has 0 bridgehead atoms. The number of imidazole rings is 1. The summed E-state index contributed by atoms with van der Waals surface area (Å²) in [4.78, 5) is 18.9. The zero-order valence-corrected chi connectivity index (χ0v) is 18.2. The van der Waals surface area contributed by atoms with Crippen molar-refractivity contribution in [1.82, 2.24) is 14.5 Å². The van der Waals surface area contributed by atoms with E-state index in [4.69, 9.17) is 0 Å². The molecule has 0 saturated carbocycles. The van der Waals surface area contributed by atoms with Crippen LogP contribution in [0.25, 0.3) is 5.69 Å². The number of carbonyl (C=O) groups excluding carboxylic acids is 1. The van der Waals surface area contributed by atoms with E-state index in [9.17, 15) is 13.2 Å². The summed E-state index contributed by atoms with van der Waals surface area (Å²) in [6.45, 7) is 6.72. The van der Waals surface area contributed by atoms with Gasteiger partial charge in [-0.1, -0.05) is 43.8 Å². The van der Waals surface area contributed by atoms with Gasteiger partial charge in [-0.3, -0.25) is 9.36 Å². The van der Waals surface area contributed by atoms with Crippen LogP contribution >= 0.6 is 11.8 Å². The minimum atomic E-state index is -3.02. The summed E-state index contributed by atoms with van der Waals surface area (Å²) in [5.74, 6) is 0.823. The summed E-state index contributed by atoms with van der Waals surface area (Å²) in [6.07, 6.45) is 4.18. The monoisotopic (exact) mass is 421 g/mol. The smallest absolute Gasteiger partial charge is 0.233 e. The Hall–Kier alpha value is -1.80. The molecule has 1 aromatic heterocycles. The zero-order chi connectivity index (χ0) is 20.3. The van der Waals surface area contributed by atoms with Crippen molar-refractivity contribution in [3.8, 4) is 5.69 Å². The Morgan fingerprint density at radius 2 is 2.11 bits per heavy atom. The zero-order valence-electron chi connectivity index (χ0n) is 16.5. The maximum Gasteiger partial charge on any atom is 0.233 e. The summed E-state index contributed by atoms with van der Waals surface area (Å²) in [7, 11) is -3.02. The number of rotatable bonds is 7. The van der Waals surface area contributed by atoms with Crippen LogP contribution in [-0.2, 0) is 14.6 Å². The van der Waals surface area contributed by atoms with E-state index < -0.39 is 9.84 Å². The van der Waals surface area contributed by atoms with Gasteiger partial charge in [0.2, 0.25) is 5.91 Å². The molecule has 1 atom stereocenters. The molecule has 28 heavy (non-hydrogen) atoms. The molecule has 1 unspecified atom stereocenters. The fourth-order valence-corrected chi connectivity index (χ4v) is 6.23. The second-order valence-electron chi connectivity index (χ2n) is 7.32. The SMILES string of the molecule is CCN(C(=O)CSc1nccn1-c1ccccc1C(C)C)C1CCS(=O)(=O)C1. The van der Waals surface area contributed by atoms with Gasteiger partial charge in [-0.15, -0.1) is 0 Å². The first kappa shape index (κ1) is 20.9. The largest absolute Gasteiger partial charge is 0.338 e. The Bertz CT molecular complexity index is 938. The number of thioether (sulfide) groups is 1. The van der Waals surface area contributed by atoms with Gasteiger partial charge in [-0.2, -0.15) is 0 Å². The highest BCUT2D eigenvalue weighted by molar-refractivity contribution is 7.99. The van der Waals surface area contributed by atoms with Crippen molar-refractivity contribution in [3.63, 3.8) is 0 Å². The Morgan fingerprint density at radius 1 is 1.36 bits per heavy atom. The molecule has 0 radical (unpaired) electrons. The lowest BCUT2D eigenvalue weighted by Crippen LogP contribution is -2.42. The van der Waals surface area contributed by atoms with Crippen molar-refractivity contribution >= 4 is 27.5 Å². The first-order chi connectivity index (χ1) is 13.3. The second-order valence-corrected chi connectivity index (χ2v) is 10.5. The maximum atomic E-state index is 12.8. The number of nitrogens with zero attached hydrogens (tertiary/aromatic N) is 3. The van der Waals surface area contributed by atoms with Gasteiger partial charge in [0.15, 0.2) is 15.0 Å². The quantitative estimate of drug-likeness (QED) is 0.642. The molecule has 6 nitrogen and oxygen atoms in total. The molecule has 152 valence electrons. The number of benzene rings is 1. The Kier molecular flexibility index (Phi) is 6.50. The van der Waals surface area contributed by atoms with Crippen LogP contribution in [0.5, 0.6) is 0 Å². The topological polar surface area (TPSA) is 72.3 Å². The van der Waals surface area contributed by atoms with Crippen LogP contribution in [0.2, 0.25) is 0 Å². The predicted octanol–water partition coefficient (Wildman–Crippen LogP) is 3.12. The van der Waals surface area contributed by atoms with Crippen molar-refractivity contribution < 1.29 is 13.2 Å². The van der Waals surface area contributed by atoms with Gasteiger partial charge in [0.1, 0.15) is 0 Å². The van der Waals surface area contributed by atoms with Crippen molar-refractivity contribution in [3.05, 3.63) is 42.2 Å². The molecule has 2 aromatic rings. The van der Waals surface area contributed by atoms with Crippen LogP contribution in [0.15, 0.2) is 41.8 Å². The number of hydrogen-bond donors (Lipinski definition) is 0. The summed E-state index contributed by atoms with van der Waals surface area (Å²) >= 11 is 1.39. The van der Waals surface area contributed by atoms with Crippen LogP contribution in [0.3, 0.4) is 0 Å². The van der Waals surface area contributed by atoms with Gasteiger partial charge in [0, 0.05) is 25.0 Å². The fraction of sp³-hybridized carbons (Fsp3) is 0.500. The average Bonchev–Trinajstić information content (AvgIpc) is 3.26. The third kappa shape index (κ3) is 4.60. The molecule has 8 heteroatoms. The molecule has 1 aliphatic rings. The highest BCUT2D eigenvalue weighted by atomic mass is 32.2. The third-order valence-corrected chi connectivity index (χ3v) is 7.76. The predicted molar refractivity (Wildman–Crippen MR) is 113 cm³/mol. The first-order valence-corrected chi connectivity index (χ1v) is 12.4. The number of hydrogen-bond acceptors (Lipinski definition) is 5. The van der Waals surface area contributed by atoms with Crippen molar-refractivity contribution in [1.29, 1.82) is 0 Å². The van der Waals surface area contributed by atoms with Gasteiger partial charge in [-0.25, -0.2) is 13.4 Å². The highest BCUT2D eigenvalue weighted by Gasteiger charge is 2.33. The molecule has 0 N–H and O–H groups in total.